The number of nitrogens with zero attached hydrogens (tertiary/aromatic N) is 1. The first-order valence-electron chi connectivity index (χ1n) is 5.77. The Hall–Kier alpha value is -1.22. The summed E-state index contributed by atoms with van der Waals surface area (Å²) in [6.45, 7) is 6.01. The molecule has 0 radical (unpaired) electrons. The van der Waals surface area contributed by atoms with Gasteiger partial charge in [0.25, 0.3) is 0 Å². The molecule has 17 heavy (non-hydrogen) atoms. The van der Waals surface area contributed by atoms with Crippen molar-refractivity contribution in [2.75, 3.05) is 0 Å². The summed E-state index contributed by atoms with van der Waals surface area (Å²) >= 11 is 1.55. The van der Waals surface area contributed by atoms with Crippen molar-refractivity contribution in [3.8, 4) is 0 Å². The Kier molecular flexibility index (Phi) is 3.57. The molecule has 0 bridgehead atoms. The van der Waals surface area contributed by atoms with Crippen molar-refractivity contribution in [1.29, 1.82) is 0 Å². The van der Waals surface area contributed by atoms with E-state index in [0.717, 1.165) is 27.6 Å². The summed E-state index contributed by atoms with van der Waals surface area (Å²) < 4.78 is 13.6. The molecule has 0 aromatic carbocycles. The Morgan fingerprint density at radius 3 is 2.71 bits per heavy atom. The van der Waals surface area contributed by atoms with Crippen molar-refractivity contribution in [2.24, 2.45) is 0 Å². The first kappa shape index (κ1) is 12.2. The molecule has 0 aliphatic rings. The molecule has 0 aliphatic carbocycles. The largest absolute Gasteiger partial charge is 0.258 e. The maximum atomic E-state index is 13.6. The highest BCUT2D eigenvalue weighted by molar-refractivity contribution is 7.12. The van der Waals surface area contributed by atoms with Gasteiger partial charge in [0.1, 0.15) is 5.82 Å². The standard InChI is InChI=1S/C14H16FNS/c1-9(2)14-13(15)8-12(17-14)7-11-6-4-5-10(3)16-11/h4-6,8-9H,7H2,1-3H3. The highest BCUT2D eigenvalue weighted by atomic mass is 32.1. The number of hydrogen-bond acceptors (Lipinski definition) is 2. The molecule has 0 spiro atoms. The Morgan fingerprint density at radius 1 is 1.35 bits per heavy atom. The lowest BCUT2D eigenvalue weighted by molar-refractivity contribution is 0.608. The van der Waals surface area contributed by atoms with Gasteiger partial charge in [-0.3, -0.25) is 4.98 Å². The SMILES string of the molecule is Cc1cccc(Cc2cc(F)c(C(C)C)s2)n1. The van der Waals surface area contributed by atoms with Crippen LogP contribution in [0.4, 0.5) is 4.39 Å². The van der Waals surface area contributed by atoms with Crippen molar-refractivity contribution in [3.63, 3.8) is 0 Å². The molecule has 2 rings (SSSR count). The quantitative estimate of drug-likeness (QED) is 0.790. The second kappa shape index (κ2) is 4.96. The highest BCUT2D eigenvalue weighted by Gasteiger charge is 2.12. The van der Waals surface area contributed by atoms with Crippen molar-refractivity contribution >= 4 is 11.3 Å². The smallest absolute Gasteiger partial charge is 0.137 e. The fourth-order valence-electron chi connectivity index (χ4n) is 1.79. The molecule has 0 amide bonds. The average molecular weight is 249 g/mol. The van der Waals surface area contributed by atoms with E-state index < -0.39 is 0 Å². The van der Waals surface area contributed by atoms with Gasteiger partial charge in [0.2, 0.25) is 0 Å². The second-order valence-electron chi connectivity index (χ2n) is 4.53. The monoisotopic (exact) mass is 249 g/mol. The molecule has 2 heterocycles. The van der Waals surface area contributed by atoms with E-state index in [1.165, 1.54) is 0 Å². The molecule has 0 saturated heterocycles. The van der Waals surface area contributed by atoms with Crippen LogP contribution in [-0.2, 0) is 6.42 Å². The van der Waals surface area contributed by atoms with E-state index in [-0.39, 0.29) is 11.7 Å². The Bertz CT molecular complexity index is 517. The number of aromatic nitrogens is 1. The lowest BCUT2D eigenvalue weighted by Gasteiger charge is -2.00. The van der Waals surface area contributed by atoms with Gasteiger partial charge in [0, 0.05) is 27.6 Å². The summed E-state index contributed by atoms with van der Waals surface area (Å²) in [5, 5.41) is 0. The second-order valence-corrected chi connectivity index (χ2v) is 5.70. The van der Waals surface area contributed by atoms with Crippen molar-refractivity contribution in [1.82, 2.24) is 4.98 Å². The van der Waals surface area contributed by atoms with Gasteiger partial charge in [-0.15, -0.1) is 11.3 Å². The Balaban J connectivity index is 2.22. The van der Waals surface area contributed by atoms with Crippen LogP contribution in [0.1, 0.15) is 40.9 Å². The molecule has 0 saturated carbocycles. The molecule has 0 atom stereocenters. The summed E-state index contributed by atoms with van der Waals surface area (Å²) in [5.41, 5.74) is 2.00. The Morgan fingerprint density at radius 2 is 2.12 bits per heavy atom. The normalized spacial score (nSPS) is 11.1. The maximum absolute atomic E-state index is 13.6. The predicted molar refractivity (Wildman–Crippen MR) is 70.1 cm³/mol. The fourth-order valence-corrected chi connectivity index (χ4v) is 2.85. The van der Waals surface area contributed by atoms with Crippen LogP contribution < -0.4 is 0 Å². The minimum atomic E-state index is -0.0762. The minimum Gasteiger partial charge on any atom is -0.258 e. The number of hydrogen-bond donors (Lipinski definition) is 0. The molecule has 2 aromatic rings. The van der Waals surface area contributed by atoms with E-state index in [9.17, 15) is 4.39 Å². The van der Waals surface area contributed by atoms with E-state index in [0.29, 0.717) is 0 Å². The zero-order valence-electron chi connectivity index (χ0n) is 10.3. The van der Waals surface area contributed by atoms with Gasteiger partial charge in [0.05, 0.1) is 0 Å². The average Bonchev–Trinajstić information content (AvgIpc) is 2.59. The number of thiophene rings is 1. The van der Waals surface area contributed by atoms with Crippen LogP contribution in [0.15, 0.2) is 24.3 Å². The number of aryl methyl sites for hydroxylation is 1. The van der Waals surface area contributed by atoms with E-state index in [4.69, 9.17) is 0 Å². The molecule has 3 heteroatoms. The van der Waals surface area contributed by atoms with Gasteiger partial charge in [-0.05, 0) is 31.0 Å². The molecule has 0 aliphatic heterocycles. The van der Waals surface area contributed by atoms with Gasteiger partial charge < -0.3 is 0 Å². The third-order valence-corrected chi connectivity index (χ3v) is 4.00. The molecule has 2 aromatic heterocycles. The van der Waals surface area contributed by atoms with Crippen LogP contribution in [0.3, 0.4) is 0 Å². The van der Waals surface area contributed by atoms with Gasteiger partial charge in [-0.2, -0.15) is 0 Å². The summed E-state index contributed by atoms with van der Waals surface area (Å²) in [4.78, 5) is 6.32. The fraction of sp³-hybridized carbons (Fsp3) is 0.357. The third kappa shape index (κ3) is 2.91. The van der Waals surface area contributed by atoms with Gasteiger partial charge in [0.15, 0.2) is 0 Å². The molecular formula is C14H16FNS. The summed E-state index contributed by atoms with van der Waals surface area (Å²) in [6, 6.07) is 7.59. The van der Waals surface area contributed by atoms with Crippen LogP contribution in [0.2, 0.25) is 0 Å². The lowest BCUT2D eigenvalue weighted by atomic mass is 10.1. The molecule has 1 nitrogen and oxygen atoms in total. The first-order valence-corrected chi connectivity index (χ1v) is 6.58. The van der Waals surface area contributed by atoms with Crippen LogP contribution in [-0.4, -0.2) is 4.98 Å². The molecule has 0 fully saturated rings. The van der Waals surface area contributed by atoms with E-state index in [1.807, 2.05) is 39.0 Å². The molecule has 0 N–H and O–H groups in total. The highest BCUT2D eigenvalue weighted by Crippen LogP contribution is 2.29. The van der Waals surface area contributed by atoms with Gasteiger partial charge in [-0.25, -0.2) is 4.39 Å². The summed E-state index contributed by atoms with van der Waals surface area (Å²) in [6.07, 6.45) is 0.718. The topological polar surface area (TPSA) is 12.9 Å². The molecular weight excluding hydrogens is 233 g/mol. The van der Waals surface area contributed by atoms with Crippen LogP contribution in [0, 0.1) is 12.7 Å². The van der Waals surface area contributed by atoms with E-state index in [2.05, 4.69) is 4.98 Å². The van der Waals surface area contributed by atoms with E-state index in [1.54, 1.807) is 17.4 Å². The zero-order valence-corrected chi connectivity index (χ0v) is 11.1. The predicted octanol–water partition coefficient (Wildman–Crippen LogP) is 4.30. The number of pyridine rings is 1. The molecule has 0 unspecified atom stereocenters. The lowest BCUT2D eigenvalue weighted by Crippen LogP contribution is -1.91. The minimum absolute atomic E-state index is 0.0762. The van der Waals surface area contributed by atoms with Gasteiger partial charge >= 0.3 is 0 Å². The van der Waals surface area contributed by atoms with Crippen molar-refractivity contribution in [3.05, 3.63) is 51.2 Å². The van der Waals surface area contributed by atoms with Gasteiger partial charge in [-0.1, -0.05) is 19.9 Å². The third-order valence-electron chi connectivity index (χ3n) is 2.59. The maximum Gasteiger partial charge on any atom is 0.137 e. The molecule has 90 valence electrons. The van der Waals surface area contributed by atoms with Crippen molar-refractivity contribution in [2.45, 2.75) is 33.1 Å². The van der Waals surface area contributed by atoms with Crippen molar-refractivity contribution < 1.29 is 4.39 Å². The number of halogens is 1. The zero-order chi connectivity index (χ0) is 12.4. The van der Waals surface area contributed by atoms with Crippen LogP contribution in [0.5, 0.6) is 0 Å². The number of rotatable bonds is 3. The first-order chi connectivity index (χ1) is 8.06. The summed E-state index contributed by atoms with van der Waals surface area (Å²) in [7, 11) is 0. The van der Waals surface area contributed by atoms with Crippen LogP contribution in [0.25, 0.3) is 0 Å². The summed E-state index contributed by atoms with van der Waals surface area (Å²) in [5.74, 6) is 0.173. The van der Waals surface area contributed by atoms with E-state index >= 15 is 0 Å². The van der Waals surface area contributed by atoms with Crippen LogP contribution >= 0.6 is 11.3 Å². The Labute approximate surface area is 105 Å².